The number of piperidine rings is 1. The van der Waals surface area contributed by atoms with Crippen LogP contribution in [0.3, 0.4) is 0 Å². The predicted molar refractivity (Wildman–Crippen MR) is 86.8 cm³/mol. The van der Waals surface area contributed by atoms with Crippen LogP contribution >= 0.6 is 0 Å². The van der Waals surface area contributed by atoms with Gasteiger partial charge in [0.05, 0.1) is 12.5 Å². The van der Waals surface area contributed by atoms with Gasteiger partial charge >= 0.3 is 0 Å². The molecule has 5 heteroatoms. The summed E-state index contributed by atoms with van der Waals surface area (Å²) in [6.07, 6.45) is 3.48. The Labute approximate surface area is 136 Å². The van der Waals surface area contributed by atoms with Crippen LogP contribution in [-0.4, -0.2) is 60.1 Å². The van der Waals surface area contributed by atoms with E-state index < -0.39 is 0 Å². The summed E-state index contributed by atoms with van der Waals surface area (Å²) in [5, 5.41) is 9.03. The number of hydrogen-bond donors (Lipinski definition) is 1. The Kier molecular flexibility index (Phi) is 4.97. The lowest BCUT2D eigenvalue weighted by Gasteiger charge is -2.37. The van der Waals surface area contributed by atoms with E-state index in [0.29, 0.717) is 12.6 Å². The summed E-state index contributed by atoms with van der Waals surface area (Å²) in [4.78, 5) is 17.0. The van der Waals surface area contributed by atoms with E-state index in [2.05, 4.69) is 4.90 Å². The third-order valence-electron chi connectivity index (χ3n) is 5.33. The van der Waals surface area contributed by atoms with Crippen molar-refractivity contribution in [2.75, 3.05) is 33.3 Å². The van der Waals surface area contributed by atoms with Crippen molar-refractivity contribution >= 4 is 5.91 Å². The molecule has 1 aliphatic carbocycles. The zero-order valence-corrected chi connectivity index (χ0v) is 13.7. The largest absolute Gasteiger partial charge is 0.395 e. The Hall–Kier alpha value is -1.46. The number of amides is 1. The first kappa shape index (κ1) is 16.4. The molecule has 1 aromatic carbocycles. The molecule has 1 amide bonds. The van der Waals surface area contributed by atoms with E-state index in [1.54, 1.807) is 12.1 Å². The summed E-state index contributed by atoms with van der Waals surface area (Å²) in [6.45, 7) is 2.39. The smallest absolute Gasteiger partial charge is 0.230 e. The maximum Gasteiger partial charge on any atom is 0.230 e. The van der Waals surface area contributed by atoms with E-state index in [9.17, 15) is 9.18 Å². The van der Waals surface area contributed by atoms with Gasteiger partial charge in [-0.2, -0.15) is 0 Å². The fraction of sp³-hybridized carbons (Fsp3) is 0.611. The number of aliphatic hydroxyl groups is 1. The zero-order valence-electron chi connectivity index (χ0n) is 13.7. The molecule has 1 saturated heterocycles. The number of carbonyl (C=O) groups is 1. The van der Waals surface area contributed by atoms with Gasteiger partial charge in [-0.1, -0.05) is 6.07 Å². The highest BCUT2D eigenvalue weighted by Crippen LogP contribution is 2.35. The highest BCUT2D eigenvalue weighted by Gasteiger charge is 2.34. The van der Waals surface area contributed by atoms with Crippen molar-refractivity contribution in [1.29, 1.82) is 0 Å². The molecule has 0 radical (unpaired) electrons. The average Bonchev–Trinajstić information content (AvgIpc) is 2.97. The summed E-state index contributed by atoms with van der Waals surface area (Å²) in [7, 11) is 2.03. The molecule has 23 heavy (non-hydrogen) atoms. The maximum absolute atomic E-state index is 13.3. The maximum atomic E-state index is 13.3. The van der Waals surface area contributed by atoms with E-state index in [4.69, 9.17) is 5.11 Å². The molecule has 4 nitrogen and oxygen atoms in total. The van der Waals surface area contributed by atoms with Gasteiger partial charge in [0.25, 0.3) is 0 Å². The zero-order chi connectivity index (χ0) is 16.4. The molecule has 1 N–H and O–H groups in total. The summed E-state index contributed by atoms with van der Waals surface area (Å²) >= 11 is 0. The van der Waals surface area contributed by atoms with Gasteiger partial charge in [-0.25, -0.2) is 4.39 Å². The second-order valence-electron chi connectivity index (χ2n) is 6.70. The van der Waals surface area contributed by atoms with Crippen molar-refractivity contribution in [1.82, 2.24) is 9.80 Å². The van der Waals surface area contributed by atoms with Gasteiger partial charge in [0.1, 0.15) is 5.82 Å². The fourth-order valence-corrected chi connectivity index (χ4v) is 3.93. The van der Waals surface area contributed by atoms with Gasteiger partial charge in [-0.15, -0.1) is 0 Å². The van der Waals surface area contributed by atoms with Gasteiger partial charge in [0, 0.05) is 25.7 Å². The summed E-state index contributed by atoms with van der Waals surface area (Å²) in [5.41, 5.74) is 2.00. The molecule has 1 unspecified atom stereocenters. The van der Waals surface area contributed by atoms with Crippen molar-refractivity contribution in [3.63, 3.8) is 0 Å². The second kappa shape index (κ2) is 6.97. The molecule has 1 aromatic rings. The predicted octanol–water partition coefficient (Wildman–Crippen LogP) is 1.77. The molecule has 0 spiro atoms. The number of nitrogens with zero attached hydrogens (tertiary/aromatic N) is 2. The molecule has 1 atom stereocenters. The molecule has 126 valence electrons. The number of aliphatic hydroxyl groups excluding tert-OH is 1. The molecular weight excluding hydrogens is 295 g/mol. The van der Waals surface area contributed by atoms with Crippen LogP contribution in [0.4, 0.5) is 4.39 Å². The molecule has 1 fully saturated rings. The Balaban J connectivity index is 1.61. The number of likely N-dealkylation sites (N-methyl/N-ethyl adjacent to an activating group) is 1. The molecule has 1 heterocycles. The van der Waals surface area contributed by atoms with Crippen LogP contribution in [0.25, 0.3) is 0 Å². The molecule has 0 bridgehead atoms. The molecule has 2 aliphatic rings. The van der Waals surface area contributed by atoms with Crippen molar-refractivity contribution in [2.45, 2.75) is 37.6 Å². The Morgan fingerprint density at radius 3 is 2.78 bits per heavy atom. The Morgan fingerprint density at radius 1 is 1.35 bits per heavy atom. The van der Waals surface area contributed by atoms with Crippen molar-refractivity contribution in [3.8, 4) is 0 Å². The van der Waals surface area contributed by atoms with Crippen molar-refractivity contribution < 1.29 is 14.3 Å². The first-order valence-electron chi connectivity index (χ1n) is 8.48. The van der Waals surface area contributed by atoms with Crippen LogP contribution in [0.1, 0.15) is 36.3 Å². The van der Waals surface area contributed by atoms with E-state index in [1.807, 2.05) is 11.9 Å². The number of hydrogen-bond acceptors (Lipinski definition) is 3. The van der Waals surface area contributed by atoms with Crippen LogP contribution in [0, 0.1) is 5.82 Å². The number of fused-ring (bicyclic) bond motifs is 1. The second-order valence-corrected chi connectivity index (χ2v) is 6.70. The van der Waals surface area contributed by atoms with Gasteiger partial charge in [0.15, 0.2) is 0 Å². The first-order chi connectivity index (χ1) is 11.1. The lowest BCUT2D eigenvalue weighted by atomic mass is 9.97. The lowest BCUT2D eigenvalue weighted by Crippen LogP contribution is -2.47. The number of carbonyl (C=O) groups excluding carboxylic acids is 1. The molecule has 0 saturated carbocycles. The van der Waals surface area contributed by atoms with Crippen molar-refractivity contribution in [3.05, 3.63) is 35.1 Å². The minimum Gasteiger partial charge on any atom is -0.395 e. The average molecular weight is 320 g/mol. The van der Waals surface area contributed by atoms with Crippen LogP contribution in [0.15, 0.2) is 18.2 Å². The summed E-state index contributed by atoms with van der Waals surface area (Å²) in [6, 6.07) is 5.25. The number of aryl methyl sites for hydroxylation is 1. The summed E-state index contributed by atoms with van der Waals surface area (Å²) in [5.74, 6) is -0.125. The SMILES string of the molecule is CN(CCO)C1CCN(C(=O)C2CCc3cc(F)ccc32)CC1. The highest BCUT2D eigenvalue weighted by atomic mass is 19.1. The standard InChI is InChI=1S/C18H25FN2O2/c1-20(10-11-22)15-6-8-21(9-7-15)18(23)17-4-2-13-12-14(19)3-5-16(13)17/h3,5,12,15,17,22H,2,4,6-11H2,1H3. The number of benzene rings is 1. The fourth-order valence-electron chi connectivity index (χ4n) is 3.93. The van der Waals surface area contributed by atoms with Gasteiger partial charge in [-0.3, -0.25) is 4.79 Å². The number of likely N-dealkylation sites (tertiary alicyclic amines) is 1. The molecule has 0 aromatic heterocycles. The van der Waals surface area contributed by atoms with E-state index >= 15 is 0 Å². The normalized spacial score (nSPS) is 21.7. The van der Waals surface area contributed by atoms with E-state index in [-0.39, 0.29) is 24.2 Å². The number of halogens is 1. The van der Waals surface area contributed by atoms with Crippen LogP contribution in [0.2, 0.25) is 0 Å². The minimum atomic E-state index is -0.218. The summed E-state index contributed by atoms with van der Waals surface area (Å²) < 4.78 is 13.3. The monoisotopic (exact) mass is 320 g/mol. The Bertz CT molecular complexity index is 570. The van der Waals surface area contributed by atoms with Crippen LogP contribution in [-0.2, 0) is 11.2 Å². The third-order valence-corrected chi connectivity index (χ3v) is 5.33. The quantitative estimate of drug-likeness (QED) is 0.919. The Morgan fingerprint density at radius 2 is 2.09 bits per heavy atom. The highest BCUT2D eigenvalue weighted by molar-refractivity contribution is 5.85. The topological polar surface area (TPSA) is 43.8 Å². The molecule has 3 rings (SSSR count). The third kappa shape index (κ3) is 3.40. The van der Waals surface area contributed by atoms with Gasteiger partial charge in [0.2, 0.25) is 5.91 Å². The van der Waals surface area contributed by atoms with E-state index in [0.717, 1.165) is 49.9 Å². The molecular formula is C18H25FN2O2. The first-order valence-corrected chi connectivity index (χ1v) is 8.48. The van der Waals surface area contributed by atoms with Gasteiger partial charge in [-0.05, 0) is 56.0 Å². The minimum absolute atomic E-state index is 0.0997. The number of rotatable bonds is 4. The molecule has 1 aliphatic heterocycles. The van der Waals surface area contributed by atoms with Gasteiger partial charge < -0.3 is 14.9 Å². The lowest BCUT2D eigenvalue weighted by molar-refractivity contribution is -0.134. The van der Waals surface area contributed by atoms with Crippen LogP contribution < -0.4 is 0 Å². The van der Waals surface area contributed by atoms with Crippen LogP contribution in [0.5, 0.6) is 0 Å². The van der Waals surface area contributed by atoms with Crippen molar-refractivity contribution in [2.24, 2.45) is 0 Å². The van der Waals surface area contributed by atoms with E-state index in [1.165, 1.54) is 6.07 Å².